The van der Waals surface area contributed by atoms with Crippen LogP contribution in [0.15, 0.2) is 84.2 Å². The Morgan fingerprint density at radius 2 is 1.60 bits per heavy atom. The Kier molecular flexibility index (Phi) is 9.55. The number of carboxylic acids is 1. The van der Waals surface area contributed by atoms with Crippen molar-refractivity contribution in [3.8, 4) is 6.07 Å². The highest BCUT2D eigenvalue weighted by molar-refractivity contribution is 7.10. The van der Waals surface area contributed by atoms with Gasteiger partial charge in [0, 0.05) is 47.7 Å². The van der Waals surface area contributed by atoms with Gasteiger partial charge in [0.2, 0.25) is 0 Å². The Hall–Kier alpha value is -5.47. The third kappa shape index (κ3) is 7.55. The Bertz CT molecular complexity index is 1760. The lowest BCUT2D eigenvalue weighted by atomic mass is 10.1. The molecule has 1 unspecified atom stereocenters. The molecule has 4 aromatic rings. The number of nitrogens with one attached hydrogen (secondary N) is 2. The van der Waals surface area contributed by atoms with E-state index in [-0.39, 0.29) is 23.8 Å². The molecule has 45 heavy (non-hydrogen) atoms. The third-order valence-corrected chi connectivity index (χ3v) is 8.51. The Morgan fingerprint density at radius 1 is 0.889 bits per heavy atom. The molecule has 10 nitrogen and oxygen atoms in total. The summed E-state index contributed by atoms with van der Waals surface area (Å²) in [6, 6.07) is 23.6. The highest BCUT2D eigenvalue weighted by Gasteiger charge is 2.26. The summed E-state index contributed by atoms with van der Waals surface area (Å²) in [5.74, 6) is -1.97. The predicted octanol–water partition coefficient (Wildman–Crippen LogP) is 5.09. The number of benzene rings is 3. The lowest BCUT2D eigenvalue weighted by Crippen LogP contribution is -2.49. The van der Waals surface area contributed by atoms with Crippen LogP contribution in [0, 0.1) is 18.3 Å². The monoisotopic (exact) mass is 621 g/mol. The number of nitriles is 1. The van der Waals surface area contributed by atoms with E-state index in [4.69, 9.17) is 5.26 Å². The van der Waals surface area contributed by atoms with Crippen LogP contribution in [0.4, 0.5) is 11.4 Å². The first-order valence-corrected chi connectivity index (χ1v) is 15.2. The SMILES string of the molecule is Cc1cccc(C(=O)Nc2cc(C(=O)NC(CC(=O)O)c3cccs3)ccc2N2CCN(C(=O)c3ccc(C#N)cc3)CC2)c1. The molecule has 0 saturated carbocycles. The molecule has 0 aliphatic carbocycles. The molecule has 1 aliphatic heterocycles. The molecule has 1 atom stereocenters. The summed E-state index contributed by atoms with van der Waals surface area (Å²) in [4.78, 5) is 55.8. The first-order chi connectivity index (χ1) is 21.7. The molecule has 1 saturated heterocycles. The van der Waals surface area contributed by atoms with Crippen molar-refractivity contribution >= 4 is 46.4 Å². The van der Waals surface area contributed by atoms with Crippen molar-refractivity contribution in [3.63, 3.8) is 0 Å². The van der Waals surface area contributed by atoms with Crippen LogP contribution in [0.1, 0.15) is 59.5 Å². The number of carbonyl (C=O) groups is 4. The molecule has 1 fully saturated rings. The number of nitrogens with zero attached hydrogens (tertiary/aromatic N) is 3. The van der Waals surface area contributed by atoms with E-state index in [9.17, 15) is 24.3 Å². The van der Waals surface area contributed by atoms with E-state index in [2.05, 4.69) is 21.6 Å². The van der Waals surface area contributed by atoms with E-state index >= 15 is 0 Å². The topological polar surface area (TPSA) is 143 Å². The van der Waals surface area contributed by atoms with Crippen molar-refractivity contribution in [2.45, 2.75) is 19.4 Å². The molecule has 0 spiro atoms. The number of carboxylic acid groups (broad SMARTS) is 1. The second-order valence-corrected chi connectivity index (χ2v) is 11.6. The highest BCUT2D eigenvalue weighted by Crippen LogP contribution is 2.30. The van der Waals surface area contributed by atoms with E-state index < -0.39 is 17.9 Å². The molecule has 3 aromatic carbocycles. The Balaban J connectivity index is 1.37. The molecule has 3 amide bonds. The van der Waals surface area contributed by atoms with E-state index in [1.165, 1.54) is 11.3 Å². The van der Waals surface area contributed by atoms with Crippen LogP contribution >= 0.6 is 11.3 Å². The summed E-state index contributed by atoms with van der Waals surface area (Å²) in [6.07, 6.45) is -0.271. The first-order valence-electron chi connectivity index (χ1n) is 14.3. The summed E-state index contributed by atoms with van der Waals surface area (Å²) < 4.78 is 0. The van der Waals surface area contributed by atoms with Crippen molar-refractivity contribution < 1.29 is 24.3 Å². The van der Waals surface area contributed by atoms with Gasteiger partial charge in [-0.3, -0.25) is 19.2 Å². The van der Waals surface area contributed by atoms with Crippen LogP contribution in [0.3, 0.4) is 0 Å². The largest absolute Gasteiger partial charge is 0.481 e. The number of hydrogen-bond acceptors (Lipinski definition) is 7. The minimum absolute atomic E-state index is 0.124. The fraction of sp³-hybridized carbons (Fsp3) is 0.206. The van der Waals surface area contributed by atoms with Gasteiger partial charge in [-0.1, -0.05) is 23.8 Å². The van der Waals surface area contributed by atoms with Crippen molar-refractivity contribution in [2.75, 3.05) is 36.4 Å². The molecule has 5 rings (SSSR count). The van der Waals surface area contributed by atoms with Crippen molar-refractivity contribution in [1.82, 2.24) is 10.2 Å². The van der Waals surface area contributed by atoms with Gasteiger partial charge in [0.05, 0.1) is 35.5 Å². The van der Waals surface area contributed by atoms with E-state index in [0.717, 1.165) is 10.4 Å². The molecule has 1 aliphatic rings. The molecular formula is C34H31N5O5S. The number of carbonyl (C=O) groups excluding carboxylic acids is 3. The molecule has 1 aromatic heterocycles. The minimum atomic E-state index is -1.04. The molecule has 0 bridgehead atoms. The van der Waals surface area contributed by atoms with Gasteiger partial charge in [0.1, 0.15) is 0 Å². The van der Waals surface area contributed by atoms with Crippen LogP contribution in [0.5, 0.6) is 0 Å². The zero-order valence-corrected chi connectivity index (χ0v) is 25.3. The van der Waals surface area contributed by atoms with Gasteiger partial charge in [-0.05, 0) is 73.0 Å². The molecule has 0 radical (unpaired) electrons. The summed E-state index contributed by atoms with van der Waals surface area (Å²) in [5, 5.41) is 26.1. The third-order valence-electron chi connectivity index (χ3n) is 7.53. The summed E-state index contributed by atoms with van der Waals surface area (Å²) >= 11 is 1.36. The van der Waals surface area contributed by atoms with E-state index in [1.54, 1.807) is 77.7 Å². The fourth-order valence-electron chi connectivity index (χ4n) is 5.18. The van der Waals surface area contributed by atoms with Gasteiger partial charge in [-0.25, -0.2) is 0 Å². The van der Waals surface area contributed by atoms with Gasteiger partial charge in [-0.15, -0.1) is 11.3 Å². The normalized spacial score (nSPS) is 13.4. The second kappa shape index (κ2) is 13.9. The van der Waals surface area contributed by atoms with Gasteiger partial charge < -0.3 is 25.5 Å². The maximum atomic E-state index is 13.4. The fourth-order valence-corrected chi connectivity index (χ4v) is 5.96. The number of rotatable bonds is 9. The number of piperazine rings is 1. The van der Waals surface area contributed by atoms with Crippen LogP contribution < -0.4 is 15.5 Å². The lowest BCUT2D eigenvalue weighted by Gasteiger charge is -2.37. The number of aliphatic carboxylic acids is 1. The predicted molar refractivity (Wildman–Crippen MR) is 172 cm³/mol. The molecule has 3 N–H and O–H groups in total. The molecule has 11 heteroatoms. The summed E-state index contributed by atoms with van der Waals surface area (Å²) in [6.45, 7) is 3.74. The molecule has 228 valence electrons. The maximum absolute atomic E-state index is 13.4. The van der Waals surface area contributed by atoms with Gasteiger partial charge >= 0.3 is 5.97 Å². The number of thiophene rings is 1. The van der Waals surface area contributed by atoms with Crippen LogP contribution in [-0.2, 0) is 4.79 Å². The number of hydrogen-bond donors (Lipinski definition) is 3. The van der Waals surface area contributed by atoms with Crippen molar-refractivity contribution in [3.05, 3.63) is 117 Å². The average Bonchev–Trinajstić information content (AvgIpc) is 3.59. The molecular weight excluding hydrogens is 590 g/mol. The zero-order chi connectivity index (χ0) is 31.9. The Morgan fingerprint density at radius 3 is 2.24 bits per heavy atom. The minimum Gasteiger partial charge on any atom is -0.481 e. The van der Waals surface area contributed by atoms with E-state index in [1.807, 2.05) is 18.4 Å². The smallest absolute Gasteiger partial charge is 0.305 e. The zero-order valence-electron chi connectivity index (χ0n) is 24.5. The highest BCUT2D eigenvalue weighted by atomic mass is 32.1. The second-order valence-electron chi connectivity index (χ2n) is 10.7. The van der Waals surface area contributed by atoms with Crippen LogP contribution in [-0.4, -0.2) is 59.9 Å². The van der Waals surface area contributed by atoms with Crippen LogP contribution in [0.2, 0.25) is 0 Å². The first kappa shape index (κ1) is 31.0. The number of aryl methyl sites for hydroxylation is 1. The average molecular weight is 622 g/mol. The lowest BCUT2D eigenvalue weighted by molar-refractivity contribution is -0.137. The quantitative estimate of drug-likeness (QED) is 0.236. The van der Waals surface area contributed by atoms with Gasteiger partial charge in [-0.2, -0.15) is 5.26 Å². The van der Waals surface area contributed by atoms with Crippen molar-refractivity contribution in [1.29, 1.82) is 5.26 Å². The number of anilines is 2. The maximum Gasteiger partial charge on any atom is 0.305 e. The standard InChI is InChI=1S/C34H31N5O5S/c1-22-4-2-5-25(18-22)32(42)36-27-19-26(33(43)37-28(20-31(40)41)30-6-3-17-45-30)11-12-29(27)38-13-15-39(16-14-38)34(44)24-9-7-23(21-35)8-10-24/h2-12,17-19,28H,13-16,20H2,1H3,(H,36,42)(H,37,43)(H,40,41). The van der Waals surface area contributed by atoms with Gasteiger partial charge in [0.15, 0.2) is 0 Å². The summed E-state index contributed by atoms with van der Waals surface area (Å²) in [7, 11) is 0. The Labute approximate surface area is 264 Å². The number of amides is 3. The summed E-state index contributed by atoms with van der Waals surface area (Å²) in [5.41, 5.74) is 3.76. The van der Waals surface area contributed by atoms with E-state index in [0.29, 0.717) is 54.2 Å². The van der Waals surface area contributed by atoms with Gasteiger partial charge in [0.25, 0.3) is 17.7 Å². The molecule has 2 heterocycles. The van der Waals surface area contributed by atoms with Crippen molar-refractivity contribution in [2.24, 2.45) is 0 Å². The van der Waals surface area contributed by atoms with Crippen LogP contribution in [0.25, 0.3) is 0 Å².